The van der Waals surface area contributed by atoms with Crippen LogP contribution in [-0.4, -0.2) is 27.0 Å². The van der Waals surface area contributed by atoms with Crippen LogP contribution in [0, 0.1) is 0 Å². The van der Waals surface area contributed by atoms with E-state index >= 15 is 0 Å². The Labute approximate surface area is 216 Å². The van der Waals surface area contributed by atoms with Crippen LogP contribution in [0.15, 0.2) is 107 Å². The van der Waals surface area contributed by atoms with E-state index in [2.05, 4.69) is 10.1 Å². The first-order valence-electron chi connectivity index (χ1n) is 11.4. The molecule has 0 atom stereocenters. The number of carbonyl (C=O) groups is 1. The molecule has 8 heteroatoms. The SMILES string of the molecule is O=C(O)c1cccc(COc2ccc(C=Nn3c(-c4ccccc4)nc4ccccc4c3=O)cc2Cl)c1. The number of hydrogen-bond donors (Lipinski definition) is 1. The van der Waals surface area contributed by atoms with Gasteiger partial charge in [-0.15, -0.1) is 0 Å². The molecule has 0 bridgehead atoms. The summed E-state index contributed by atoms with van der Waals surface area (Å²) >= 11 is 6.43. The first kappa shape index (κ1) is 24.0. The summed E-state index contributed by atoms with van der Waals surface area (Å²) < 4.78 is 7.07. The van der Waals surface area contributed by atoms with Gasteiger partial charge in [-0.1, -0.05) is 66.2 Å². The van der Waals surface area contributed by atoms with E-state index in [0.717, 1.165) is 5.56 Å². The third-order valence-electron chi connectivity index (χ3n) is 5.63. The zero-order chi connectivity index (χ0) is 25.8. The van der Waals surface area contributed by atoms with E-state index in [1.54, 1.807) is 54.6 Å². The molecule has 0 spiro atoms. The maximum atomic E-state index is 13.3. The number of fused-ring (bicyclic) bond motifs is 1. The number of para-hydroxylation sites is 1. The second kappa shape index (κ2) is 10.5. The number of ether oxygens (including phenoxy) is 1. The molecule has 0 aliphatic rings. The molecule has 0 aliphatic heterocycles. The van der Waals surface area contributed by atoms with E-state index < -0.39 is 5.97 Å². The van der Waals surface area contributed by atoms with Crippen LogP contribution in [0.25, 0.3) is 22.3 Å². The summed E-state index contributed by atoms with van der Waals surface area (Å²) in [5, 5.41) is 14.4. The molecule has 0 saturated carbocycles. The molecule has 0 fully saturated rings. The summed E-state index contributed by atoms with van der Waals surface area (Å²) in [4.78, 5) is 29.1. The number of rotatable bonds is 7. The van der Waals surface area contributed by atoms with Gasteiger partial charge in [0.05, 0.1) is 27.7 Å². The van der Waals surface area contributed by atoms with E-state index in [9.17, 15) is 9.59 Å². The minimum atomic E-state index is -1.00. The van der Waals surface area contributed by atoms with Crippen LogP contribution >= 0.6 is 11.6 Å². The first-order chi connectivity index (χ1) is 18.0. The number of carboxylic acid groups (broad SMARTS) is 1. The molecule has 182 valence electrons. The lowest BCUT2D eigenvalue weighted by molar-refractivity contribution is 0.0696. The van der Waals surface area contributed by atoms with Gasteiger partial charge in [0, 0.05) is 5.56 Å². The van der Waals surface area contributed by atoms with Gasteiger partial charge in [0.25, 0.3) is 5.56 Å². The van der Waals surface area contributed by atoms with Gasteiger partial charge in [-0.3, -0.25) is 4.79 Å². The minimum Gasteiger partial charge on any atom is -0.487 e. The van der Waals surface area contributed by atoms with Crippen molar-refractivity contribution in [1.82, 2.24) is 9.66 Å². The molecule has 0 radical (unpaired) electrons. The van der Waals surface area contributed by atoms with Crippen LogP contribution in [0.2, 0.25) is 5.02 Å². The summed E-state index contributed by atoms with van der Waals surface area (Å²) in [7, 11) is 0. The van der Waals surface area contributed by atoms with E-state index in [0.29, 0.717) is 38.6 Å². The van der Waals surface area contributed by atoms with Gasteiger partial charge < -0.3 is 9.84 Å². The van der Waals surface area contributed by atoms with Gasteiger partial charge >= 0.3 is 5.97 Å². The Balaban J connectivity index is 1.43. The number of nitrogens with zero attached hydrogens (tertiary/aromatic N) is 3. The van der Waals surface area contributed by atoms with Crippen LogP contribution in [0.5, 0.6) is 5.75 Å². The molecule has 5 aromatic rings. The van der Waals surface area contributed by atoms with Crippen LogP contribution in [-0.2, 0) is 6.61 Å². The highest BCUT2D eigenvalue weighted by Gasteiger charge is 2.12. The second-order valence-electron chi connectivity index (χ2n) is 8.16. The molecular weight excluding hydrogens is 490 g/mol. The molecule has 1 heterocycles. The van der Waals surface area contributed by atoms with E-state index in [-0.39, 0.29) is 17.7 Å². The van der Waals surface area contributed by atoms with E-state index in [1.807, 2.05) is 36.4 Å². The number of carboxylic acids is 1. The standard InChI is InChI=1S/C29H20ClN3O4/c30-24-16-19(13-14-26(24)37-18-20-7-6-10-22(15-20)29(35)36)17-31-33-27(21-8-2-1-3-9-21)32-25-12-5-4-11-23(25)28(33)34/h1-17H,18H2,(H,35,36). The van der Waals surface area contributed by atoms with Crippen molar-refractivity contribution in [3.8, 4) is 17.1 Å². The molecule has 0 amide bonds. The highest BCUT2D eigenvalue weighted by Crippen LogP contribution is 2.26. The van der Waals surface area contributed by atoms with Crippen LogP contribution in [0.1, 0.15) is 21.5 Å². The number of aromatic carboxylic acids is 1. The lowest BCUT2D eigenvalue weighted by Gasteiger charge is -2.10. The first-order valence-corrected chi connectivity index (χ1v) is 11.7. The molecule has 0 aliphatic carbocycles. The van der Waals surface area contributed by atoms with Crippen molar-refractivity contribution in [1.29, 1.82) is 0 Å². The fourth-order valence-electron chi connectivity index (χ4n) is 3.80. The van der Waals surface area contributed by atoms with Gasteiger partial charge in [0.1, 0.15) is 12.4 Å². The van der Waals surface area contributed by atoms with Gasteiger partial charge in [-0.25, -0.2) is 9.78 Å². The Morgan fingerprint density at radius 2 is 1.76 bits per heavy atom. The third kappa shape index (κ3) is 5.27. The number of benzene rings is 4. The van der Waals surface area contributed by atoms with Crippen molar-refractivity contribution >= 4 is 34.7 Å². The van der Waals surface area contributed by atoms with Gasteiger partial charge in [0.15, 0.2) is 5.82 Å². The van der Waals surface area contributed by atoms with Crippen molar-refractivity contribution in [3.05, 3.63) is 129 Å². The van der Waals surface area contributed by atoms with Crippen LogP contribution in [0.3, 0.4) is 0 Å². The summed E-state index contributed by atoms with van der Waals surface area (Å²) in [6, 6.07) is 28.2. The molecule has 1 N–H and O–H groups in total. The summed E-state index contributed by atoms with van der Waals surface area (Å²) in [5.41, 5.74) is 2.62. The quantitative estimate of drug-likeness (QED) is 0.277. The molecular formula is C29H20ClN3O4. The fraction of sp³-hybridized carbons (Fsp3) is 0.0345. The number of aromatic nitrogens is 2. The Hall–Kier alpha value is -4.75. The van der Waals surface area contributed by atoms with Crippen LogP contribution < -0.4 is 10.3 Å². The highest BCUT2D eigenvalue weighted by atomic mass is 35.5. The summed E-state index contributed by atoms with van der Waals surface area (Å²) in [6.07, 6.45) is 1.54. The maximum Gasteiger partial charge on any atom is 0.335 e. The van der Waals surface area contributed by atoms with Gasteiger partial charge in [0.2, 0.25) is 0 Å². The monoisotopic (exact) mass is 509 g/mol. The van der Waals surface area contributed by atoms with Crippen molar-refractivity contribution < 1.29 is 14.6 Å². The molecule has 4 aromatic carbocycles. The predicted molar refractivity (Wildman–Crippen MR) is 144 cm³/mol. The largest absolute Gasteiger partial charge is 0.487 e. The van der Waals surface area contributed by atoms with Crippen molar-refractivity contribution in [2.24, 2.45) is 5.10 Å². The minimum absolute atomic E-state index is 0.160. The van der Waals surface area contributed by atoms with Crippen molar-refractivity contribution in [3.63, 3.8) is 0 Å². The molecule has 37 heavy (non-hydrogen) atoms. The smallest absolute Gasteiger partial charge is 0.335 e. The summed E-state index contributed by atoms with van der Waals surface area (Å²) in [5.74, 6) is -0.135. The average Bonchev–Trinajstić information content (AvgIpc) is 2.92. The zero-order valence-electron chi connectivity index (χ0n) is 19.4. The van der Waals surface area contributed by atoms with Gasteiger partial charge in [-0.2, -0.15) is 9.78 Å². The zero-order valence-corrected chi connectivity index (χ0v) is 20.2. The van der Waals surface area contributed by atoms with Crippen molar-refractivity contribution in [2.45, 2.75) is 6.61 Å². The molecule has 0 saturated heterocycles. The summed E-state index contributed by atoms with van der Waals surface area (Å²) in [6.45, 7) is 0.160. The Kier molecular flexibility index (Phi) is 6.78. The maximum absolute atomic E-state index is 13.3. The number of halogens is 1. The third-order valence-corrected chi connectivity index (χ3v) is 5.93. The van der Waals surface area contributed by atoms with E-state index in [1.165, 1.54) is 17.0 Å². The topological polar surface area (TPSA) is 93.8 Å². The molecule has 0 unspecified atom stereocenters. The Morgan fingerprint density at radius 1 is 0.973 bits per heavy atom. The second-order valence-corrected chi connectivity index (χ2v) is 8.57. The Morgan fingerprint density at radius 3 is 2.54 bits per heavy atom. The molecule has 1 aromatic heterocycles. The highest BCUT2D eigenvalue weighted by molar-refractivity contribution is 6.32. The normalized spacial score (nSPS) is 11.2. The Bertz CT molecular complexity index is 1700. The molecule has 7 nitrogen and oxygen atoms in total. The molecule has 5 rings (SSSR count). The van der Waals surface area contributed by atoms with Crippen LogP contribution in [0.4, 0.5) is 0 Å². The van der Waals surface area contributed by atoms with Gasteiger partial charge in [-0.05, 0) is 53.6 Å². The van der Waals surface area contributed by atoms with Crippen molar-refractivity contribution in [2.75, 3.05) is 0 Å². The number of hydrogen-bond acceptors (Lipinski definition) is 5. The van der Waals surface area contributed by atoms with E-state index in [4.69, 9.17) is 21.4 Å². The average molecular weight is 510 g/mol. The predicted octanol–water partition coefficient (Wildman–Crippen LogP) is 5.88. The lowest BCUT2D eigenvalue weighted by atomic mass is 10.1. The fourth-order valence-corrected chi connectivity index (χ4v) is 4.04. The lowest BCUT2D eigenvalue weighted by Crippen LogP contribution is -2.20.